The highest BCUT2D eigenvalue weighted by Gasteiger charge is 1.98. The van der Waals surface area contributed by atoms with E-state index in [4.69, 9.17) is 10.8 Å². The molecule has 0 aromatic heterocycles. The van der Waals surface area contributed by atoms with Crippen LogP contribution in [0.25, 0.3) is 0 Å². The average Bonchev–Trinajstić information content (AvgIpc) is 1.95. The van der Waals surface area contributed by atoms with Crippen molar-refractivity contribution in [1.82, 2.24) is 0 Å². The summed E-state index contributed by atoms with van der Waals surface area (Å²) in [5, 5.41) is 8.45. The molecule has 0 fully saturated rings. The van der Waals surface area contributed by atoms with Crippen LogP contribution < -0.4 is 11.2 Å². The fourth-order valence-electron chi connectivity index (χ4n) is 0.643. The molecule has 1 rings (SSSR count). The lowest BCUT2D eigenvalue weighted by atomic mass is 9.88. The summed E-state index contributed by atoms with van der Waals surface area (Å²) in [4.78, 5) is 0. The quantitative estimate of drug-likeness (QED) is 0.411. The summed E-state index contributed by atoms with van der Waals surface area (Å²) in [6, 6.07) is 4.00. The van der Waals surface area contributed by atoms with Gasteiger partial charge in [-0.05, 0) is 12.1 Å². The normalized spacial score (nSPS) is 9.40. The minimum atomic E-state index is -0.467. The second kappa shape index (κ2) is 2.71. The molecule has 1 aromatic rings. The third-order valence-electron chi connectivity index (χ3n) is 1.17. The number of hydrogen-bond donors (Lipinski definition) is 2. The minimum Gasteiger partial charge on any atom is -0.450 e. The van der Waals surface area contributed by atoms with Gasteiger partial charge in [-0.2, -0.15) is 0 Å². The van der Waals surface area contributed by atoms with Crippen LogP contribution in [0.1, 0.15) is 0 Å². The van der Waals surface area contributed by atoms with E-state index in [2.05, 4.69) is 0 Å². The molecule has 4 heteroatoms. The predicted octanol–water partition coefficient (Wildman–Crippen LogP) is -0.355. The highest BCUT2D eigenvalue weighted by molar-refractivity contribution is 6.45. The highest BCUT2D eigenvalue weighted by atomic mass is 19.1. The first kappa shape index (κ1) is 7.09. The van der Waals surface area contributed by atoms with Gasteiger partial charge in [-0.1, -0.05) is 11.5 Å². The first-order chi connectivity index (χ1) is 4.74. The van der Waals surface area contributed by atoms with Crippen molar-refractivity contribution in [2.45, 2.75) is 0 Å². The zero-order valence-electron chi connectivity index (χ0n) is 5.21. The van der Waals surface area contributed by atoms with Crippen molar-refractivity contribution in [3.63, 3.8) is 0 Å². The summed E-state index contributed by atoms with van der Waals surface area (Å²) in [5.74, 6) is -0.467. The molecule has 0 heterocycles. The molecule has 0 atom stereocenters. The Bertz CT molecular complexity index is 241. The molecule has 1 aromatic carbocycles. The maximum absolute atomic E-state index is 12.4. The van der Waals surface area contributed by atoms with Gasteiger partial charge in [0.15, 0.2) is 0 Å². The van der Waals surface area contributed by atoms with E-state index in [1.54, 1.807) is 0 Å². The van der Waals surface area contributed by atoms with Gasteiger partial charge in [0, 0.05) is 0 Å². The molecule has 0 saturated heterocycles. The van der Waals surface area contributed by atoms with Crippen molar-refractivity contribution in [1.29, 1.82) is 0 Å². The molecule has 0 aliphatic rings. The summed E-state index contributed by atoms with van der Waals surface area (Å²) in [5.41, 5.74) is 5.73. The summed E-state index contributed by atoms with van der Waals surface area (Å²) in [6.45, 7) is 0. The van der Waals surface area contributed by atoms with Crippen LogP contribution in [0.4, 0.5) is 10.1 Å². The molecule has 0 unspecified atom stereocenters. The molecule has 0 saturated carbocycles. The van der Waals surface area contributed by atoms with Gasteiger partial charge in [-0.3, -0.25) is 0 Å². The first-order valence-electron chi connectivity index (χ1n) is 2.76. The largest absolute Gasteiger partial charge is 0.450 e. The average molecular weight is 138 g/mol. The van der Waals surface area contributed by atoms with Crippen molar-refractivity contribution in [3.8, 4) is 0 Å². The maximum Gasteiger partial charge on any atom is 0.326 e. The molecule has 10 heavy (non-hydrogen) atoms. The van der Waals surface area contributed by atoms with Crippen molar-refractivity contribution >= 4 is 18.6 Å². The third kappa shape index (κ3) is 1.27. The third-order valence-corrected chi connectivity index (χ3v) is 1.17. The molecule has 0 aliphatic heterocycles. The van der Waals surface area contributed by atoms with Crippen molar-refractivity contribution in [2.24, 2.45) is 0 Å². The lowest BCUT2D eigenvalue weighted by Crippen LogP contribution is -2.14. The van der Waals surface area contributed by atoms with Gasteiger partial charge >= 0.3 is 7.48 Å². The monoisotopic (exact) mass is 138 g/mol. The predicted molar refractivity (Wildman–Crippen MR) is 38.4 cm³/mol. The number of hydrogen-bond acceptors (Lipinski definition) is 2. The van der Waals surface area contributed by atoms with Gasteiger partial charge in [-0.25, -0.2) is 4.39 Å². The summed E-state index contributed by atoms with van der Waals surface area (Å²) in [7, 11) is 0.871. The number of benzene rings is 1. The molecule has 0 aliphatic carbocycles. The summed E-state index contributed by atoms with van der Waals surface area (Å²) >= 11 is 0. The van der Waals surface area contributed by atoms with Gasteiger partial charge in [0.25, 0.3) is 0 Å². The van der Waals surface area contributed by atoms with E-state index in [0.717, 1.165) is 7.48 Å². The van der Waals surface area contributed by atoms with Gasteiger partial charge in [0.2, 0.25) is 0 Å². The Kier molecular flexibility index (Phi) is 1.92. The molecule has 0 spiro atoms. The first-order valence-corrected chi connectivity index (χ1v) is 2.76. The maximum atomic E-state index is 12.4. The smallest absolute Gasteiger partial charge is 0.326 e. The van der Waals surface area contributed by atoms with Crippen LogP contribution in [0.2, 0.25) is 0 Å². The van der Waals surface area contributed by atoms with E-state index < -0.39 is 5.82 Å². The zero-order chi connectivity index (χ0) is 7.56. The summed E-state index contributed by atoms with van der Waals surface area (Å²) < 4.78 is 12.4. The van der Waals surface area contributed by atoms with E-state index in [1.807, 2.05) is 0 Å². The number of rotatable bonds is 1. The Hall–Kier alpha value is -1.03. The molecule has 1 radical (unpaired) electrons. The molecule has 2 nitrogen and oxygen atoms in total. The minimum absolute atomic E-state index is 0.0443. The second-order valence-electron chi connectivity index (χ2n) is 1.91. The number of nitrogens with two attached hydrogens (primary N) is 1. The van der Waals surface area contributed by atoms with Crippen LogP contribution in [0.5, 0.6) is 0 Å². The molecule has 3 N–H and O–H groups in total. The van der Waals surface area contributed by atoms with E-state index in [9.17, 15) is 4.39 Å². The standard InChI is InChI=1S/C6H6BFNO/c8-5-2-1-4(7-10)3-6(5)9/h1-3,10H,9H2. The Morgan fingerprint density at radius 1 is 1.50 bits per heavy atom. The van der Waals surface area contributed by atoms with Crippen LogP contribution in [0.3, 0.4) is 0 Å². The molecular formula is C6H6BFNO. The van der Waals surface area contributed by atoms with E-state index in [0.29, 0.717) is 5.46 Å². The molecule has 0 bridgehead atoms. The Morgan fingerprint density at radius 2 is 2.20 bits per heavy atom. The van der Waals surface area contributed by atoms with Crippen molar-refractivity contribution < 1.29 is 9.41 Å². The van der Waals surface area contributed by atoms with Gasteiger partial charge in [0.1, 0.15) is 5.82 Å². The number of anilines is 1. The molecular weight excluding hydrogens is 132 g/mol. The second-order valence-corrected chi connectivity index (χ2v) is 1.91. The Labute approximate surface area is 58.8 Å². The van der Waals surface area contributed by atoms with E-state index >= 15 is 0 Å². The number of nitrogen functional groups attached to an aromatic ring is 1. The van der Waals surface area contributed by atoms with Crippen LogP contribution in [-0.4, -0.2) is 12.5 Å². The van der Waals surface area contributed by atoms with Crippen LogP contribution in [-0.2, 0) is 0 Å². The van der Waals surface area contributed by atoms with E-state index in [1.165, 1.54) is 18.2 Å². The topological polar surface area (TPSA) is 46.2 Å². The van der Waals surface area contributed by atoms with Crippen molar-refractivity contribution in [3.05, 3.63) is 24.0 Å². The Balaban J connectivity index is 3.04. The number of halogens is 1. The van der Waals surface area contributed by atoms with Gasteiger partial charge in [-0.15, -0.1) is 0 Å². The SMILES string of the molecule is Nc1cc([B]O)ccc1F. The van der Waals surface area contributed by atoms with Crippen LogP contribution in [0, 0.1) is 5.82 Å². The molecule has 51 valence electrons. The zero-order valence-corrected chi connectivity index (χ0v) is 5.21. The van der Waals surface area contributed by atoms with Gasteiger partial charge < -0.3 is 10.8 Å². The highest BCUT2D eigenvalue weighted by Crippen LogP contribution is 2.04. The summed E-state index contributed by atoms with van der Waals surface area (Å²) in [6.07, 6.45) is 0. The Morgan fingerprint density at radius 3 is 2.70 bits per heavy atom. The van der Waals surface area contributed by atoms with Crippen LogP contribution in [0.15, 0.2) is 18.2 Å². The van der Waals surface area contributed by atoms with E-state index in [-0.39, 0.29) is 5.69 Å². The fraction of sp³-hybridized carbons (Fsp3) is 0. The van der Waals surface area contributed by atoms with Crippen LogP contribution >= 0.6 is 0 Å². The van der Waals surface area contributed by atoms with Gasteiger partial charge in [0.05, 0.1) is 5.69 Å². The molecule has 0 amide bonds. The lowest BCUT2D eigenvalue weighted by molar-refractivity contribution is 0.614. The lowest BCUT2D eigenvalue weighted by Gasteiger charge is -1.96. The van der Waals surface area contributed by atoms with Crippen molar-refractivity contribution in [2.75, 3.05) is 5.73 Å². The fourth-order valence-corrected chi connectivity index (χ4v) is 0.643.